The zero-order valence-corrected chi connectivity index (χ0v) is 11.1. The molecule has 1 saturated heterocycles. The van der Waals surface area contributed by atoms with Crippen LogP contribution in [-0.4, -0.2) is 17.7 Å². The minimum atomic E-state index is -0.733. The lowest BCUT2D eigenvalue weighted by molar-refractivity contribution is 0.0385. The topological polar surface area (TPSA) is 32.3 Å². The summed E-state index contributed by atoms with van der Waals surface area (Å²) in [7, 11) is 0. The highest BCUT2D eigenvalue weighted by molar-refractivity contribution is 9.10. The van der Waals surface area contributed by atoms with Gasteiger partial charge in [-0.15, -0.1) is 0 Å². The van der Waals surface area contributed by atoms with Crippen LogP contribution in [0.15, 0.2) is 28.7 Å². The molecule has 88 valence electrons. The number of nitrogens with one attached hydrogen (secondary N) is 1. The molecule has 0 amide bonds. The highest BCUT2D eigenvalue weighted by Gasteiger charge is 2.28. The fraction of sp³-hybridized carbons (Fsp3) is 0.538. The van der Waals surface area contributed by atoms with E-state index in [0.717, 1.165) is 23.0 Å². The molecule has 1 heterocycles. The summed E-state index contributed by atoms with van der Waals surface area (Å²) in [6, 6.07) is 8.38. The van der Waals surface area contributed by atoms with Crippen LogP contribution in [0.5, 0.6) is 0 Å². The van der Waals surface area contributed by atoms with Gasteiger partial charge in [0, 0.05) is 10.5 Å². The van der Waals surface area contributed by atoms with Gasteiger partial charge in [0.15, 0.2) is 0 Å². The average Bonchev–Trinajstić information content (AvgIpc) is 2.70. The van der Waals surface area contributed by atoms with Crippen LogP contribution in [0.3, 0.4) is 0 Å². The third kappa shape index (κ3) is 2.84. The molecule has 0 radical (unpaired) electrons. The second kappa shape index (κ2) is 4.86. The molecule has 2 nitrogen and oxygen atoms in total. The van der Waals surface area contributed by atoms with Gasteiger partial charge >= 0.3 is 0 Å². The molecule has 0 aromatic heterocycles. The standard InChI is InChI=1S/C13H18BrNO/c1-13(16,9-12-3-2-8-15-12)10-4-6-11(14)7-5-10/h4-7,12,15-16H,2-3,8-9H2,1H3. The van der Waals surface area contributed by atoms with E-state index in [1.165, 1.54) is 12.8 Å². The fourth-order valence-electron chi connectivity index (χ4n) is 2.34. The molecule has 0 aliphatic carbocycles. The van der Waals surface area contributed by atoms with E-state index in [2.05, 4.69) is 21.2 Å². The second-order valence-electron chi connectivity index (χ2n) is 4.78. The predicted octanol–water partition coefficient (Wildman–Crippen LogP) is 2.80. The van der Waals surface area contributed by atoms with Crippen molar-refractivity contribution < 1.29 is 5.11 Å². The zero-order chi connectivity index (χ0) is 11.6. The average molecular weight is 284 g/mol. The third-order valence-corrected chi connectivity index (χ3v) is 3.80. The van der Waals surface area contributed by atoms with Crippen molar-refractivity contribution in [2.45, 2.75) is 37.8 Å². The molecular weight excluding hydrogens is 266 g/mol. The Morgan fingerprint density at radius 3 is 2.69 bits per heavy atom. The van der Waals surface area contributed by atoms with E-state index in [1.54, 1.807) is 0 Å². The van der Waals surface area contributed by atoms with Gasteiger partial charge in [0.2, 0.25) is 0 Å². The van der Waals surface area contributed by atoms with Crippen LogP contribution in [0, 0.1) is 0 Å². The summed E-state index contributed by atoms with van der Waals surface area (Å²) in [5, 5.41) is 13.9. The second-order valence-corrected chi connectivity index (χ2v) is 5.69. The molecule has 1 aliphatic rings. The van der Waals surface area contributed by atoms with E-state index < -0.39 is 5.60 Å². The lowest BCUT2D eigenvalue weighted by Crippen LogP contribution is -2.32. The Labute approximate surface area is 105 Å². The maximum absolute atomic E-state index is 10.5. The van der Waals surface area contributed by atoms with Crippen LogP contribution >= 0.6 is 15.9 Å². The van der Waals surface area contributed by atoms with Crippen LogP contribution in [0.1, 0.15) is 31.7 Å². The molecule has 0 saturated carbocycles. The molecule has 2 unspecified atom stereocenters. The summed E-state index contributed by atoms with van der Waals surface area (Å²) in [5.74, 6) is 0. The maximum Gasteiger partial charge on any atom is 0.0883 e. The molecule has 2 atom stereocenters. The number of halogens is 1. The van der Waals surface area contributed by atoms with Gasteiger partial charge in [-0.2, -0.15) is 0 Å². The third-order valence-electron chi connectivity index (χ3n) is 3.27. The Morgan fingerprint density at radius 1 is 1.44 bits per heavy atom. The first-order valence-electron chi connectivity index (χ1n) is 5.80. The molecule has 2 N–H and O–H groups in total. The summed E-state index contributed by atoms with van der Waals surface area (Å²) in [4.78, 5) is 0. The van der Waals surface area contributed by atoms with Gasteiger partial charge in [-0.05, 0) is 50.4 Å². The Morgan fingerprint density at radius 2 is 2.12 bits per heavy atom. The van der Waals surface area contributed by atoms with Crippen LogP contribution < -0.4 is 5.32 Å². The zero-order valence-electron chi connectivity index (χ0n) is 9.54. The summed E-state index contributed by atoms with van der Waals surface area (Å²) in [6.45, 7) is 2.98. The Kier molecular flexibility index (Phi) is 3.67. The number of hydrogen-bond donors (Lipinski definition) is 2. The van der Waals surface area contributed by atoms with Gasteiger partial charge in [0.1, 0.15) is 0 Å². The van der Waals surface area contributed by atoms with E-state index >= 15 is 0 Å². The number of benzene rings is 1. The van der Waals surface area contributed by atoms with Crippen LogP contribution in [0.2, 0.25) is 0 Å². The van der Waals surface area contributed by atoms with Gasteiger partial charge in [-0.1, -0.05) is 28.1 Å². The van der Waals surface area contributed by atoms with Crippen molar-refractivity contribution in [3.63, 3.8) is 0 Å². The van der Waals surface area contributed by atoms with E-state index in [-0.39, 0.29) is 0 Å². The van der Waals surface area contributed by atoms with Crippen LogP contribution in [0.25, 0.3) is 0 Å². The molecular formula is C13H18BrNO. The van der Waals surface area contributed by atoms with Crippen molar-refractivity contribution >= 4 is 15.9 Å². The highest BCUT2D eigenvalue weighted by Crippen LogP contribution is 2.29. The van der Waals surface area contributed by atoms with Crippen molar-refractivity contribution in [3.05, 3.63) is 34.3 Å². The predicted molar refractivity (Wildman–Crippen MR) is 69.4 cm³/mol. The van der Waals surface area contributed by atoms with E-state index in [4.69, 9.17) is 0 Å². The minimum absolute atomic E-state index is 0.457. The largest absolute Gasteiger partial charge is 0.385 e. The van der Waals surface area contributed by atoms with Crippen LogP contribution in [-0.2, 0) is 5.60 Å². The Bertz CT molecular complexity index is 341. The van der Waals surface area contributed by atoms with Gasteiger partial charge in [-0.3, -0.25) is 0 Å². The summed E-state index contributed by atoms with van der Waals surface area (Å²) in [5.41, 5.74) is 0.257. The first-order valence-corrected chi connectivity index (χ1v) is 6.59. The van der Waals surface area contributed by atoms with E-state index in [0.29, 0.717) is 6.04 Å². The first kappa shape index (κ1) is 12.1. The molecule has 3 heteroatoms. The summed E-state index contributed by atoms with van der Waals surface area (Å²) in [6.07, 6.45) is 3.18. The molecule has 16 heavy (non-hydrogen) atoms. The number of aliphatic hydroxyl groups is 1. The first-order chi connectivity index (χ1) is 7.58. The van der Waals surface area contributed by atoms with Crippen LogP contribution in [0.4, 0.5) is 0 Å². The monoisotopic (exact) mass is 283 g/mol. The molecule has 1 aliphatic heterocycles. The van der Waals surface area contributed by atoms with Gasteiger partial charge in [0.05, 0.1) is 5.60 Å². The molecule has 2 rings (SSSR count). The van der Waals surface area contributed by atoms with Crippen molar-refractivity contribution in [2.75, 3.05) is 6.54 Å². The number of rotatable bonds is 3. The minimum Gasteiger partial charge on any atom is -0.385 e. The summed E-state index contributed by atoms with van der Waals surface area (Å²) >= 11 is 3.41. The molecule has 0 bridgehead atoms. The van der Waals surface area contributed by atoms with Gasteiger partial charge in [-0.25, -0.2) is 0 Å². The van der Waals surface area contributed by atoms with Crippen molar-refractivity contribution in [2.24, 2.45) is 0 Å². The number of hydrogen-bond acceptors (Lipinski definition) is 2. The Hall–Kier alpha value is -0.380. The highest BCUT2D eigenvalue weighted by atomic mass is 79.9. The lowest BCUT2D eigenvalue weighted by atomic mass is 9.89. The lowest BCUT2D eigenvalue weighted by Gasteiger charge is -2.27. The fourth-order valence-corrected chi connectivity index (χ4v) is 2.60. The van der Waals surface area contributed by atoms with E-state index in [9.17, 15) is 5.11 Å². The molecule has 1 aromatic rings. The van der Waals surface area contributed by atoms with Crippen molar-refractivity contribution in [1.82, 2.24) is 5.32 Å². The quantitative estimate of drug-likeness (QED) is 0.894. The molecule has 0 spiro atoms. The van der Waals surface area contributed by atoms with Gasteiger partial charge < -0.3 is 10.4 Å². The molecule has 1 aromatic carbocycles. The van der Waals surface area contributed by atoms with E-state index in [1.807, 2.05) is 31.2 Å². The summed E-state index contributed by atoms with van der Waals surface area (Å²) < 4.78 is 1.05. The Balaban J connectivity index is 2.07. The smallest absolute Gasteiger partial charge is 0.0883 e. The van der Waals surface area contributed by atoms with Crippen molar-refractivity contribution in [3.8, 4) is 0 Å². The maximum atomic E-state index is 10.5. The SMILES string of the molecule is CC(O)(CC1CCCN1)c1ccc(Br)cc1. The normalized spacial score (nSPS) is 24.3. The molecule has 1 fully saturated rings. The van der Waals surface area contributed by atoms with Crippen molar-refractivity contribution in [1.29, 1.82) is 0 Å². The van der Waals surface area contributed by atoms with Gasteiger partial charge in [0.25, 0.3) is 0 Å².